The van der Waals surface area contributed by atoms with E-state index in [1.165, 1.54) is 4.31 Å². The number of anilines is 1. The number of rotatable bonds is 7. The summed E-state index contributed by atoms with van der Waals surface area (Å²) in [6.45, 7) is 4.30. The van der Waals surface area contributed by atoms with Gasteiger partial charge in [-0.2, -0.15) is 4.31 Å². The standard InChI is InChI=1S/C23H26N4O4S/c1-3-31-20-8-10-21(11-9-20)32(28,29)27-16-14-26(15-17-27)23-13-12-22(24-25-23)18-4-6-19(30-2)7-5-18/h4-13H,3,14-17H2,1-2H3. The highest BCUT2D eigenvalue weighted by Crippen LogP contribution is 2.24. The van der Waals surface area contributed by atoms with Crippen molar-refractivity contribution in [1.82, 2.24) is 14.5 Å². The number of hydrogen-bond acceptors (Lipinski definition) is 7. The summed E-state index contributed by atoms with van der Waals surface area (Å²) in [6.07, 6.45) is 0. The molecule has 0 N–H and O–H groups in total. The van der Waals surface area contributed by atoms with Gasteiger partial charge in [-0.3, -0.25) is 0 Å². The van der Waals surface area contributed by atoms with Crippen LogP contribution in [0.4, 0.5) is 5.82 Å². The molecular formula is C23H26N4O4S. The summed E-state index contributed by atoms with van der Waals surface area (Å²) < 4.78 is 38.0. The predicted molar refractivity (Wildman–Crippen MR) is 123 cm³/mol. The molecule has 1 aliphatic rings. The van der Waals surface area contributed by atoms with Crippen molar-refractivity contribution >= 4 is 15.8 Å². The van der Waals surface area contributed by atoms with Crippen LogP contribution >= 0.6 is 0 Å². The molecule has 1 aromatic heterocycles. The molecule has 0 amide bonds. The fourth-order valence-electron chi connectivity index (χ4n) is 3.59. The molecule has 0 spiro atoms. The summed E-state index contributed by atoms with van der Waals surface area (Å²) in [5.74, 6) is 2.18. The molecular weight excluding hydrogens is 428 g/mol. The van der Waals surface area contributed by atoms with Gasteiger partial charge in [-0.1, -0.05) is 0 Å². The molecule has 0 saturated carbocycles. The summed E-state index contributed by atoms with van der Waals surface area (Å²) in [5.41, 5.74) is 1.73. The lowest BCUT2D eigenvalue weighted by atomic mass is 10.1. The smallest absolute Gasteiger partial charge is 0.243 e. The maximum Gasteiger partial charge on any atom is 0.243 e. The topological polar surface area (TPSA) is 84.9 Å². The number of benzene rings is 2. The van der Waals surface area contributed by atoms with E-state index in [9.17, 15) is 8.42 Å². The number of ether oxygens (including phenoxy) is 2. The molecule has 32 heavy (non-hydrogen) atoms. The summed E-state index contributed by atoms with van der Waals surface area (Å²) >= 11 is 0. The minimum Gasteiger partial charge on any atom is -0.497 e. The SMILES string of the molecule is CCOc1ccc(S(=O)(=O)N2CCN(c3ccc(-c4ccc(OC)cc4)nn3)CC2)cc1. The molecule has 0 unspecified atom stereocenters. The van der Waals surface area contributed by atoms with E-state index in [-0.39, 0.29) is 4.90 Å². The quantitative estimate of drug-likeness (QED) is 0.542. The van der Waals surface area contributed by atoms with Crippen molar-refractivity contribution in [3.05, 3.63) is 60.7 Å². The van der Waals surface area contributed by atoms with Gasteiger partial charge in [0.15, 0.2) is 5.82 Å². The Kier molecular flexibility index (Phi) is 6.57. The molecule has 3 aromatic rings. The number of sulfonamides is 1. The van der Waals surface area contributed by atoms with E-state index in [0.717, 1.165) is 22.8 Å². The molecule has 0 aliphatic carbocycles. The molecule has 8 nitrogen and oxygen atoms in total. The third-order valence-electron chi connectivity index (χ3n) is 5.37. The fraction of sp³-hybridized carbons (Fsp3) is 0.304. The van der Waals surface area contributed by atoms with E-state index in [2.05, 4.69) is 15.1 Å². The zero-order valence-corrected chi connectivity index (χ0v) is 19.0. The van der Waals surface area contributed by atoms with Gasteiger partial charge in [-0.05, 0) is 67.6 Å². The molecule has 1 fully saturated rings. The first-order valence-corrected chi connectivity index (χ1v) is 11.9. The summed E-state index contributed by atoms with van der Waals surface area (Å²) in [4.78, 5) is 2.33. The van der Waals surface area contributed by atoms with Gasteiger partial charge in [-0.15, -0.1) is 10.2 Å². The molecule has 0 atom stereocenters. The number of nitrogens with zero attached hydrogens (tertiary/aromatic N) is 4. The normalized spacial score (nSPS) is 14.9. The number of hydrogen-bond donors (Lipinski definition) is 0. The Morgan fingerprint density at radius 3 is 2.06 bits per heavy atom. The van der Waals surface area contributed by atoms with Crippen molar-refractivity contribution in [1.29, 1.82) is 0 Å². The van der Waals surface area contributed by atoms with Crippen molar-refractivity contribution in [2.75, 3.05) is 44.8 Å². The second-order valence-corrected chi connectivity index (χ2v) is 9.24. The van der Waals surface area contributed by atoms with Crippen molar-refractivity contribution in [2.24, 2.45) is 0 Å². The van der Waals surface area contributed by atoms with Crippen LogP contribution in [0.2, 0.25) is 0 Å². The Bertz CT molecular complexity index is 1130. The van der Waals surface area contributed by atoms with Crippen LogP contribution in [0.3, 0.4) is 0 Å². The average molecular weight is 455 g/mol. The Morgan fingerprint density at radius 1 is 0.844 bits per heavy atom. The number of aromatic nitrogens is 2. The Morgan fingerprint density at radius 2 is 1.50 bits per heavy atom. The maximum absolute atomic E-state index is 13.0. The van der Waals surface area contributed by atoms with E-state index in [1.54, 1.807) is 31.4 Å². The van der Waals surface area contributed by atoms with Crippen LogP contribution in [0.1, 0.15) is 6.92 Å². The molecule has 0 radical (unpaired) electrons. The highest BCUT2D eigenvalue weighted by atomic mass is 32.2. The minimum atomic E-state index is -3.54. The van der Waals surface area contributed by atoms with Crippen LogP contribution in [0.15, 0.2) is 65.6 Å². The van der Waals surface area contributed by atoms with E-state index in [4.69, 9.17) is 9.47 Å². The lowest BCUT2D eigenvalue weighted by molar-refractivity contribution is 0.340. The Hall–Kier alpha value is -3.17. The lowest BCUT2D eigenvalue weighted by Gasteiger charge is -2.34. The molecule has 2 heterocycles. The van der Waals surface area contributed by atoms with Crippen molar-refractivity contribution in [3.8, 4) is 22.8 Å². The first-order valence-electron chi connectivity index (χ1n) is 10.5. The van der Waals surface area contributed by atoms with Gasteiger partial charge in [0.25, 0.3) is 0 Å². The first-order chi connectivity index (χ1) is 15.5. The number of piperazine rings is 1. The minimum absolute atomic E-state index is 0.276. The molecule has 0 bridgehead atoms. The van der Waals surface area contributed by atoms with E-state index in [0.29, 0.717) is 38.5 Å². The zero-order valence-electron chi connectivity index (χ0n) is 18.1. The number of methoxy groups -OCH3 is 1. The predicted octanol–water partition coefficient (Wildman–Crippen LogP) is 3.06. The van der Waals surface area contributed by atoms with Gasteiger partial charge in [0.05, 0.1) is 24.3 Å². The maximum atomic E-state index is 13.0. The largest absolute Gasteiger partial charge is 0.497 e. The monoisotopic (exact) mass is 454 g/mol. The van der Waals surface area contributed by atoms with Crippen LogP contribution < -0.4 is 14.4 Å². The summed E-state index contributed by atoms with van der Waals surface area (Å²) in [7, 11) is -1.91. The van der Waals surface area contributed by atoms with Crippen molar-refractivity contribution < 1.29 is 17.9 Å². The fourth-order valence-corrected chi connectivity index (χ4v) is 5.01. The highest BCUT2D eigenvalue weighted by molar-refractivity contribution is 7.89. The van der Waals surface area contributed by atoms with Crippen LogP contribution in [0.25, 0.3) is 11.3 Å². The van der Waals surface area contributed by atoms with Crippen LogP contribution in [-0.4, -0.2) is 62.8 Å². The molecule has 2 aromatic carbocycles. The van der Waals surface area contributed by atoms with Crippen LogP contribution in [0.5, 0.6) is 11.5 Å². The third-order valence-corrected chi connectivity index (χ3v) is 7.28. The summed E-state index contributed by atoms with van der Waals surface area (Å²) in [5, 5.41) is 8.70. The molecule has 1 aliphatic heterocycles. The average Bonchev–Trinajstić information content (AvgIpc) is 2.85. The van der Waals surface area contributed by atoms with E-state index >= 15 is 0 Å². The van der Waals surface area contributed by atoms with Crippen LogP contribution in [0, 0.1) is 0 Å². The first kappa shape index (κ1) is 22.0. The lowest BCUT2D eigenvalue weighted by Crippen LogP contribution is -2.48. The molecule has 168 valence electrons. The highest BCUT2D eigenvalue weighted by Gasteiger charge is 2.29. The zero-order chi connectivity index (χ0) is 22.6. The molecule has 4 rings (SSSR count). The molecule has 1 saturated heterocycles. The van der Waals surface area contributed by atoms with Crippen molar-refractivity contribution in [3.63, 3.8) is 0 Å². The van der Waals surface area contributed by atoms with Gasteiger partial charge in [0, 0.05) is 31.7 Å². The van der Waals surface area contributed by atoms with E-state index < -0.39 is 10.0 Å². The van der Waals surface area contributed by atoms with Gasteiger partial charge < -0.3 is 14.4 Å². The second kappa shape index (κ2) is 9.54. The molecule has 9 heteroatoms. The van der Waals surface area contributed by atoms with Crippen LogP contribution in [-0.2, 0) is 10.0 Å². The Balaban J connectivity index is 1.39. The van der Waals surface area contributed by atoms with E-state index in [1.807, 2.05) is 43.3 Å². The van der Waals surface area contributed by atoms with Crippen molar-refractivity contribution in [2.45, 2.75) is 11.8 Å². The third kappa shape index (κ3) is 4.68. The van der Waals surface area contributed by atoms with Gasteiger partial charge in [0.2, 0.25) is 10.0 Å². The second-order valence-electron chi connectivity index (χ2n) is 7.30. The van der Waals surface area contributed by atoms with Gasteiger partial charge in [-0.25, -0.2) is 8.42 Å². The Labute approximate surface area is 188 Å². The summed E-state index contributed by atoms with van der Waals surface area (Å²) in [6, 6.07) is 18.0. The van der Waals surface area contributed by atoms with Gasteiger partial charge in [0.1, 0.15) is 11.5 Å². The van der Waals surface area contributed by atoms with Gasteiger partial charge >= 0.3 is 0 Å².